The van der Waals surface area contributed by atoms with Crippen LogP contribution in [0.5, 0.6) is 0 Å². The minimum absolute atomic E-state index is 0.0778. The van der Waals surface area contributed by atoms with Crippen LogP contribution in [0.2, 0.25) is 0 Å². The number of anilines is 1. The molecule has 2 rings (SSSR count). The lowest BCUT2D eigenvalue weighted by Crippen LogP contribution is -2.39. The van der Waals surface area contributed by atoms with Crippen molar-refractivity contribution in [3.05, 3.63) is 12.4 Å². The molecule has 88 valence electrons. The molecule has 1 saturated carbocycles. The summed E-state index contributed by atoms with van der Waals surface area (Å²) < 4.78 is 26.3. The summed E-state index contributed by atoms with van der Waals surface area (Å²) in [5.74, 6) is 0.405. The molecule has 0 amide bonds. The van der Waals surface area contributed by atoms with Crippen molar-refractivity contribution in [1.82, 2.24) is 14.7 Å². The molecule has 0 radical (unpaired) electrons. The van der Waals surface area contributed by atoms with Gasteiger partial charge in [0.1, 0.15) is 4.90 Å². The third kappa shape index (κ3) is 2.30. The van der Waals surface area contributed by atoms with Crippen LogP contribution in [0.25, 0.3) is 0 Å². The highest BCUT2D eigenvalue weighted by molar-refractivity contribution is 7.89. The Bertz CT molecular complexity index is 453. The number of rotatable bonds is 4. The van der Waals surface area contributed by atoms with Gasteiger partial charge < -0.3 is 5.32 Å². The molecule has 6 nitrogen and oxygen atoms in total. The largest absolute Gasteiger partial charge is 0.357 e. The first kappa shape index (κ1) is 11.3. The number of nitrogens with one attached hydrogen (secondary N) is 2. The predicted molar refractivity (Wildman–Crippen MR) is 59.5 cm³/mol. The third-order valence-electron chi connectivity index (χ3n) is 2.59. The van der Waals surface area contributed by atoms with Crippen LogP contribution in [0, 0.1) is 0 Å². The Morgan fingerprint density at radius 3 is 2.38 bits per heavy atom. The minimum atomic E-state index is -3.45. The standard InChI is InChI=1S/C9H14N4O2S/c1-10-9-11-5-8(6-12-9)16(14,15)13-7-3-2-4-7/h5-7,13H,2-4H2,1H3,(H,10,11,12). The molecule has 1 aromatic rings. The summed E-state index contributed by atoms with van der Waals surface area (Å²) in [5.41, 5.74) is 0. The van der Waals surface area contributed by atoms with Gasteiger partial charge in [-0.05, 0) is 12.8 Å². The van der Waals surface area contributed by atoms with E-state index in [4.69, 9.17) is 0 Å². The molecule has 1 aliphatic carbocycles. The first-order valence-electron chi connectivity index (χ1n) is 5.14. The normalized spacial score (nSPS) is 16.8. The molecule has 16 heavy (non-hydrogen) atoms. The molecule has 0 spiro atoms. The second-order valence-electron chi connectivity index (χ2n) is 3.74. The van der Waals surface area contributed by atoms with Crippen LogP contribution in [-0.4, -0.2) is 31.5 Å². The van der Waals surface area contributed by atoms with Crippen LogP contribution in [0.3, 0.4) is 0 Å². The Morgan fingerprint density at radius 2 is 1.94 bits per heavy atom. The molecule has 0 bridgehead atoms. The van der Waals surface area contributed by atoms with E-state index >= 15 is 0 Å². The Morgan fingerprint density at radius 1 is 1.31 bits per heavy atom. The monoisotopic (exact) mass is 242 g/mol. The molecule has 0 unspecified atom stereocenters. The van der Waals surface area contributed by atoms with Gasteiger partial charge in [0, 0.05) is 13.1 Å². The van der Waals surface area contributed by atoms with Crippen LogP contribution >= 0.6 is 0 Å². The van der Waals surface area contributed by atoms with Crippen molar-refractivity contribution in [2.75, 3.05) is 12.4 Å². The van der Waals surface area contributed by atoms with Gasteiger partial charge in [0.15, 0.2) is 0 Å². The molecule has 1 aliphatic rings. The van der Waals surface area contributed by atoms with Gasteiger partial charge in [-0.25, -0.2) is 23.1 Å². The van der Waals surface area contributed by atoms with E-state index in [-0.39, 0.29) is 10.9 Å². The van der Waals surface area contributed by atoms with E-state index in [9.17, 15) is 8.42 Å². The van der Waals surface area contributed by atoms with Gasteiger partial charge in [-0.1, -0.05) is 6.42 Å². The molecule has 0 aliphatic heterocycles. The van der Waals surface area contributed by atoms with Crippen LogP contribution in [-0.2, 0) is 10.0 Å². The lowest BCUT2D eigenvalue weighted by molar-refractivity contribution is 0.383. The highest BCUT2D eigenvalue weighted by Gasteiger charge is 2.25. The van der Waals surface area contributed by atoms with E-state index < -0.39 is 10.0 Å². The van der Waals surface area contributed by atoms with Crippen LogP contribution in [0.4, 0.5) is 5.95 Å². The summed E-state index contributed by atoms with van der Waals surface area (Å²) in [6.07, 6.45) is 5.52. The predicted octanol–water partition coefficient (Wildman–Crippen LogP) is 0.349. The Labute approximate surface area is 94.6 Å². The maximum absolute atomic E-state index is 11.8. The van der Waals surface area contributed by atoms with Crippen molar-refractivity contribution in [1.29, 1.82) is 0 Å². The first-order valence-corrected chi connectivity index (χ1v) is 6.62. The van der Waals surface area contributed by atoms with Gasteiger partial charge in [0.2, 0.25) is 16.0 Å². The summed E-state index contributed by atoms with van der Waals surface area (Å²) in [4.78, 5) is 7.86. The number of hydrogen-bond donors (Lipinski definition) is 2. The fraction of sp³-hybridized carbons (Fsp3) is 0.556. The second-order valence-corrected chi connectivity index (χ2v) is 5.46. The van der Waals surface area contributed by atoms with Crippen molar-refractivity contribution in [3.63, 3.8) is 0 Å². The molecule has 1 heterocycles. The van der Waals surface area contributed by atoms with Crippen molar-refractivity contribution in [2.24, 2.45) is 0 Å². The van der Waals surface area contributed by atoms with E-state index in [1.165, 1.54) is 12.4 Å². The summed E-state index contributed by atoms with van der Waals surface area (Å²) in [5, 5.41) is 2.73. The van der Waals surface area contributed by atoms with Gasteiger partial charge in [0.05, 0.1) is 12.4 Å². The highest BCUT2D eigenvalue weighted by atomic mass is 32.2. The van der Waals surface area contributed by atoms with Gasteiger partial charge in [-0.2, -0.15) is 0 Å². The minimum Gasteiger partial charge on any atom is -0.357 e. The molecule has 7 heteroatoms. The third-order valence-corrected chi connectivity index (χ3v) is 4.06. The van der Waals surface area contributed by atoms with Crippen molar-refractivity contribution >= 4 is 16.0 Å². The topological polar surface area (TPSA) is 84.0 Å². The quantitative estimate of drug-likeness (QED) is 0.796. The summed E-state index contributed by atoms with van der Waals surface area (Å²) in [6.45, 7) is 0. The Kier molecular flexibility index (Phi) is 3.06. The molecule has 0 saturated heterocycles. The molecule has 1 aromatic heterocycles. The fourth-order valence-electron chi connectivity index (χ4n) is 1.40. The van der Waals surface area contributed by atoms with Crippen molar-refractivity contribution < 1.29 is 8.42 Å². The van der Waals surface area contributed by atoms with E-state index in [0.29, 0.717) is 5.95 Å². The smallest absolute Gasteiger partial charge is 0.243 e. The van der Waals surface area contributed by atoms with E-state index in [1.807, 2.05) is 0 Å². The fourth-order valence-corrected chi connectivity index (χ4v) is 2.59. The van der Waals surface area contributed by atoms with Gasteiger partial charge in [-0.15, -0.1) is 0 Å². The Hall–Kier alpha value is -1.21. The molecular weight excluding hydrogens is 228 g/mol. The lowest BCUT2D eigenvalue weighted by atomic mass is 9.94. The number of hydrogen-bond acceptors (Lipinski definition) is 5. The number of nitrogens with zero attached hydrogens (tertiary/aromatic N) is 2. The zero-order chi connectivity index (χ0) is 11.6. The second kappa shape index (κ2) is 4.34. The summed E-state index contributed by atoms with van der Waals surface area (Å²) in [6, 6.07) is 0.0778. The zero-order valence-electron chi connectivity index (χ0n) is 8.97. The van der Waals surface area contributed by atoms with E-state index in [1.54, 1.807) is 7.05 Å². The number of aromatic nitrogens is 2. The molecular formula is C9H14N4O2S. The summed E-state index contributed by atoms with van der Waals surface area (Å²) >= 11 is 0. The van der Waals surface area contributed by atoms with Crippen LogP contribution in [0.15, 0.2) is 17.3 Å². The number of sulfonamides is 1. The zero-order valence-corrected chi connectivity index (χ0v) is 9.79. The molecule has 0 aromatic carbocycles. The van der Waals surface area contributed by atoms with Crippen LogP contribution in [0.1, 0.15) is 19.3 Å². The Balaban J connectivity index is 2.14. The molecule has 1 fully saturated rings. The lowest BCUT2D eigenvalue weighted by Gasteiger charge is -2.25. The van der Waals surface area contributed by atoms with Crippen molar-refractivity contribution in [3.8, 4) is 0 Å². The maximum atomic E-state index is 11.8. The van der Waals surface area contributed by atoms with Gasteiger partial charge in [0.25, 0.3) is 0 Å². The average Bonchev–Trinajstić information content (AvgIpc) is 2.24. The highest BCUT2D eigenvalue weighted by Crippen LogP contribution is 2.20. The average molecular weight is 242 g/mol. The van der Waals surface area contributed by atoms with Crippen molar-refractivity contribution in [2.45, 2.75) is 30.2 Å². The molecule has 2 N–H and O–H groups in total. The summed E-state index contributed by atoms with van der Waals surface area (Å²) in [7, 11) is -1.77. The molecule has 0 atom stereocenters. The SMILES string of the molecule is CNc1ncc(S(=O)(=O)NC2CCC2)cn1. The first-order chi connectivity index (χ1) is 7.62. The van der Waals surface area contributed by atoms with E-state index in [2.05, 4.69) is 20.0 Å². The maximum Gasteiger partial charge on any atom is 0.243 e. The van der Waals surface area contributed by atoms with Gasteiger partial charge in [-0.3, -0.25) is 0 Å². The van der Waals surface area contributed by atoms with Crippen LogP contribution < -0.4 is 10.0 Å². The van der Waals surface area contributed by atoms with E-state index in [0.717, 1.165) is 19.3 Å². The van der Waals surface area contributed by atoms with Gasteiger partial charge >= 0.3 is 0 Å².